The number of carbonyl (C=O) groups is 2. The summed E-state index contributed by atoms with van der Waals surface area (Å²) in [4.78, 5) is 24.6. The minimum Gasteiger partial charge on any atom is -0.464 e. The van der Waals surface area contributed by atoms with Gasteiger partial charge in [0.2, 0.25) is 12.3 Å². The Morgan fingerprint density at radius 1 is 1.32 bits per heavy atom. The Labute approximate surface area is 129 Å². The Balaban J connectivity index is 2.26. The van der Waals surface area contributed by atoms with Gasteiger partial charge in [0.25, 0.3) is 0 Å². The quantitative estimate of drug-likeness (QED) is 0.836. The fraction of sp³-hybridized carbons (Fsp3) is 0.500. The molecule has 0 radical (unpaired) electrons. The Bertz CT molecular complexity index is 517. The molecule has 1 aliphatic heterocycles. The summed E-state index contributed by atoms with van der Waals surface area (Å²) in [5.41, 5.74) is 0.695. The molecule has 1 aromatic rings. The average Bonchev–Trinajstić information content (AvgIpc) is 2.47. The highest BCUT2D eigenvalue weighted by molar-refractivity contribution is 5.92. The van der Waals surface area contributed by atoms with Crippen molar-refractivity contribution in [2.75, 3.05) is 6.61 Å². The topological polar surface area (TPSA) is 73.9 Å². The van der Waals surface area contributed by atoms with E-state index in [4.69, 9.17) is 14.2 Å². The maximum absolute atomic E-state index is 12.4. The summed E-state index contributed by atoms with van der Waals surface area (Å²) in [7, 11) is 0. The van der Waals surface area contributed by atoms with Crippen molar-refractivity contribution in [1.82, 2.24) is 5.32 Å². The zero-order chi connectivity index (χ0) is 16.1. The molecular weight excluding hydrogens is 286 g/mol. The first-order chi connectivity index (χ1) is 10.5. The van der Waals surface area contributed by atoms with Crippen molar-refractivity contribution in [3.63, 3.8) is 0 Å². The Morgan fingerprint density at radius 3 is 2.59 bits per heavy atom. The van der Waals surface area contributed by atoms with E-state index in [1.54, 1.807) is 19.1 Å². The van der Waals surface area contributed by atoms with E-state index >= 15 is 0 Å². The van der Waals surface area contributed by atoms with Crippen LogP contribution in [0.25, 0.3) is 0 Å². The fourth-order valence-electron chi connectivity index (χ4n) is 2.31. The molecule has 1 fully saturated rings. The van der Waals surface area contributed by atoms with Crippen molar-refractivity contribution in [3.8, 4) is 0 Å². The molecule has 0 saturated carbocycles. The first-order valence-corrected chi connectivity index (χ1v) is 7.35. The largest absolute Gasteiger partial charge is 0.464 e. The highest BCUT2D eigenvalue weighted by Crippen LogP contribution is 2.28. The van der Waals surface area contributed by atoms with Crippen molar-refractivity contribution in [2.45, 2.75) is 45.3 Å². The SMILES string of the molecule is CCOC(=O)[C@H]1O[C@@H](OC(C)C)NC(=O)[C@H]1c1ccccc1. The molecule has 0 bridgehead atoms. The van der Waals surface area contributed by atoms with E-state index in [1.165, 1.54) is 0 Å². The second-order valence-electron chi connectivity index (χ2n) is 5.22. The summed E-state index contributed by atoms with van der Waals surface area (Å²) >= 11 is 0. The predicted molar refractivity (Wildman–Crippen MR) is 78.8 cm³/mol. The average molecular weight is 307 g/mol. The maximum Gasteiger partial charge on any atom is 0.336 e. The van der Waals surface area contributed by atoms with Crippen molar-refractivity contribution in [1.29, 1.82) is 0 Å². The fourth-order valence-corrected chi connectivity index (χ4v) is 2.31. The maximum atomic E-state index is 12.4. The molecule has 1 aliphatic rings. The van der Waals surface area contributed by atoms with Crippen molar-refractivity contribution >= 4 is 11.9 Å². The molecule has 0 aromatic heterocycles. The van der Waals surface area contributed by atoms with E-state index < -0.39 is 24.4 Å². The first-order valence-electron chi connectivity index (χ1n) is 7.35. The van der Waals surface area contributed by atoms with Crippen LogP contribution in [0.1, 0.15) is 32.3 Å². The van der Waals surface area contributed by atoms with Crippen LogP contribution in [-0.4, -0.2) is 37.1 Å². The minimum absolute atomic E-state index is 0.151. The van der Waals surface area contributed by atoms with Gasteiger partial charge in [-0.15, -0.1) is 0 Å². The number of carbonyl (C=O) groups excluding carboxylic acids is 2. The van der Waals surface area contributed by atoms with Gasteiger partial charge in [-0.2, -0.15) is 0 Å². The number of hydrogen-bond donors (Lipinski definition) is 1. The highest BCUT2D eigenvalue weighted by Gasteiger charge is 2.44. The van der Waals surface area contributed by atoms with Crippen LogP contribution in [0.3, 0.4) is 0 Å². The van der Waals surface area contributed by atoms with Gasteiger partial charge >= 0.3 is 5.97 Å². The molecule has 1 amide bonds. The number of rotatable bonds is 5. The summed E-state index contributed by atoms with van der Waals surface area (Å²) < 4.78 is 16.1. The lowest BCUT2D eigenvalue weighted by Crippen LogP contribution is -2.55. The summed E-state index contributed by atoms with van der Waals surface area (Å²) in [6, 6.07) is 9.02. The monoisotopic (exact) mass is 307 g/mol. The number of benzene rings is 1. The summed E-state index contributed by atoms with van der Waals surface area (Å²) in [6.45, 7) is 5.56. The van der Waals surface area contributed by atoms with Gasteiger partial charge in [-0.25, -0.2) is 4.79 Å². The summed E-state index contributed by atoms with van der Waals surface area (Å²) in [5, 5.41) is 2.63. The Kier molecular flexibility index (Phi) is 5.51. The van der Waals surface area contributed by atoms with Crippen molar-refractivity contribution in [3.05, 3.63) is 35.9 Å². The zero-order valence-corrected chi connectivity index (χ0v) is 12.9. The van der Waals surface area contributed by atoms with Crippen LogP contribution in [0.2, 0.25) is 0 Å². The van der Waals surface area contributed by atoms with Crippen LogP contribution in [0.5, 0.6) is 0 Å². The number of nitrogens with one attached hydrogen (secondary N) is 1. The van der Waals surface area contributed by atoms with Crippen LogP contribution in [0.4, 0.5) is 0 Å². The van der Waals surface area contributed by atoms with Crippen LogP contribution in [0.15, 0.2) is 30.3 Å². The van der Waals surface area contributed by atoms with Gasteiger partial charge in [0.15, 0.2) is 6.10 Å². The third-order valence-corrected chi connectivity index (χ3v) is 3.19. The molecule has 1 N–H and O–H groups in total. The molecule has 6 heteroatoms. The van der Waals surface area contributed by atoms with Crippen LogP contribution >= 0.6 is 0 Å². The van der Waals surface area contributed by atoms with Gasteiger partial charge in [0, 0.05) is 0 Å². The van der Waals surface area contributed by atoms with E-state index in [9.17, 15) is 9.59 Å². The van der Waals surface area contributed by atoms with Gasteiger partial charge in [0.05, 0.1) is 12.7 Å². The van der Waals surface area contributed by atoms with E-state index in [1.807, 2.05) is 32.0 Å². The number of hydrogen-bond acceptors (Lipinski definition) is 5. The van der Waals surface area contributed by atoms with Crippen LogP contribution < -0.4 is 5.32 Å². The predicted octanol–water partition coefficient (Wildman–Crippen LogP) is 1.56. The molecule has 3 atom stereocenters. The van der Waals surface area contributed by atoms with Gasteiger partial charge in [-0.1, -0.05) is 30.3 Å². The minimum atomic E-state index is -1.03. The molecule has 0 unspecified atom stereocenters. The van der Waals surface area contributed by atoms with E-state index in [0.29, 0.717) is 5.56 Å². The van der Waals surface area contributed by atoms with Gasteiger partial charge in [-0.3, -0.25) is 4.79 Å². The molecule has 1 heterocycles. The molecule has 120 valence electrons. The molecule has 0 spiro atoms. The number of amides is 1. The van der Waals surface area contributed by atoms with Gasteiger partial charge in [0.1, 0.15) is 5.92 Å². The molecule has 1 saturated heterocycles. The molecule has 22 heavy (non-hydrogen) atoms. The third-order valence-electron chi connectivity index (χ3n) is 3.19. The normalized spacial score (nSPS) is 24.9. The highest BCUT2D eigenvalue weighted by atomic mass is 16.7. The molecule has 2 rings (SSSR count). The number of esters is 1. The Morgan fingerprint density at radius 2 is 2.00 bits per heavy atom. The second-order valence-corrected chi connectivity index (χ2v) is 5.22. The van der Waals surface area contributed by atoms with Gasteiger partial charge < -0.3 is 19.5 Å². The van der Waals surface area contributed by atoms with Crippen molar-refractivity contribution in [2.24, 2.45) is 0 Å². The van der Waals surface area contributed by atoms with Crippen LogP contribution in [-0.2, 0) is 23.8 Å². The third kappa shape index (κ3) is 3.84. The van der Waals surface area contributed by atoms with E-state index in [2.05, 4.69) is 5.32 Å². The van der Waals surface area contributed by atoms with Crippen LogP contribution in [0, 0.1) is 0 Å². The second kappa shape index (κ2) is 7.38. The first kappa shape index (κ1) is 16.5. The lowest BCUT2D eigenvalue weighted by Gasteiger charge is -2.35. The standard InChI is InChI=1S/C16H21NO5/c1-4-20-15(19)13-12(11-8-6-5-7-9-11)14(18)17-16(22-13)21-10(2)3/h5-10,12-13,16H,4H2,1-3H3,(H,17,18)/t12-,13-,16+/m0/s1. The molecular formula is C16H21NO5. The summed E-state index contributed by atoms with van der Waals surface area (Å²) in [6.07, 6.45) is -2.14. The summed E-state index contributed by atoms with van der Waals surface area (Å²) in [5.74, 6) is -1.64. The lowest BCUT2D eigenvalue weighted by atomic mass is 9.91. The lowest BCUT2D eigenvalue weighted by molar-refractivity contribution is -0.231. The smallest absolute Gasteiger partial charge is 0.336 e. The molecule has 1 aromatic carbocycles. The van der Waals surface area contributed by atoms with Crippen molar-refractivity contribution < 1.29 is 23.8 Å². The van der Waals surface area contributed by atoms with E-state index in [0.717, 1.165) is 0 Å². The molecule has 0 aliphatic carbocycles. The molecule has 6 nitrogen and oxygen atoms in total. The Hall–Kier alpha value is -1.92. The zero-order valence-electron chi connectivity index (χ0n) is 12.9. The van der Waals surface area contributed by atoms with Gasteiger partial charge in [-0.05, 0) is 26.3 Å². The number of ether oxygens (including phenoxy) is 3. The van der Waals surface area contributed by atoms with E-state index in [-0.39, 0.29) is 18.6 Å².